The highest BCUT2D eigenvalue weighted by Gasteiger charge is 2.47. The largest absolute Gasteiger partial charge is 0.497 e. The maximum absolute atomic E-state index is 13.3. The Kier molecular flexibility index (Phi) is 5.02. The van der Waals surface area contributed by atoms with E-state index in [2.05, 4.69) is 21.7 Å². The number of carbonyl (C=O) groups excluding carboxylic acids is 1. The number of methoxy groups -OCH3 is 1. The lowest BCUT2D eigenvalue weighted by Gasteiger charge is -2.27. The Labute approximate surface area is 182 Å². The van der Waals surface area contributed by atoms with Crippen LogP contribution < -0.4 is 20.1 Å². The maximum Gasteiger partial charge on any atom is 0.252 e. The zero-order chi connectivity index (χ0) is 21.4. The smallest absolute Gasteiger partial charge is 0.252 e. The molecule has 3 aromatic rings. The molecule has 1 saturated heterocycles. The molecule has 1 amide bonds. The Morgan fingerprint density at radius 1 is 1.23 bits per heavy atom. The van der Waals surface area contributed by atoms with Gasteiger partial charge in [-0.25, -0.2) is 0 Å². The van der Waals surface area contributed by atoms with Crippen molar-refractivity contribution in [3.63, 3.8) is 0 Å². The number of fused-ring (bicyclic) bond motifs is 1. The third kappa shape index (κ3) is 3.83. The molecule has 1 aromatic heterocycles. The molecular formula is C25H27N3O3. The van der Waals surface area contributed by atoms with Crippen molar-refractivity contribution >= 4 is 16.8 Å². The molecule has 1 aliphatic heterocycles. The van der Waals surface area contributed by atoms with Crippen molar-refractivity contribution in [2.75, 3.05) is 20.3 Å². The molecule has 2 N–H and O–H groups in total. The van der Waals surface area contributed by atoms with E-state index in [1.165, 1.54) is 0 Å². The normalized spacial score (nSPS) is 18.8. The van der Waals surface area contributed by atoms with Gasteiger partial charge in [-0.2, -0.15) is 0 Å². The zero-order valence-corrected chi connectivity index (χ0v) is 17.9. The average Bonchev–Trinajstić information content (AvgIpc) is 3.53. The fourth-order valence-corrected chi connectivity index (χ4v) is 4.16. The van der Waals surface area contributed by atoms with E-state index in [1.807, 2.05) is 43.3 Å². The van der Waals surface area contributed by atoms with Crippen LogP contribution in [-0.4, -0.2) is 37.2 Å². The Morgan fingerprint density at radius 2 is 2.06 bits per heavy atom. The second-order valence-corrected chi connectivity index (χ2v) is 8.51. The molecule has 1 saturated carbocycles. The first-order valence-corrected chi connectivity index (χ1v) is 10.8. The van der Waals surface area contributed by atoms with Crippen LogP contribution >= 0.6 is 0 Å². The number of amides is 1. The average molecular weight is 418 g/mol. The van der Waals surface area contributed by atoms with Gasteiger partial charge >= 0.3 is 0 Å². The van der Waals surface area contributed by atoms with Crippen LogP contribution in [0.5, 0.6) is 11.5 Å². The molecule has 6 heteroatoms. The van der Waals surface area contributed by atoms with Gasteiger partial charge in [0.05, 0.1) is 18.2 Å². The van der Waals surface area contributed by atoms with Crippen molar-refractivity contribution in [3.05, 3.63) is 65.4 Å². The van der Waals surface area contributed by atoms with Crippen molar-refractivity contribution < 1.29 is 14.3 Å². The van der Waals surface area contributed by atoms with Crippen LogP contribution in [-0.2, 0) is 5.54 Å². The SMILES string of the molecule is COc1cc(C2(NC(=O)c3cc(OC[C@H]4CCN4)ccc3C)CC2)c2cccnc2c1. The van der Waals surface area contributed by atoms with Gasteiger partial charge in [0.1, 0.15) is 18.1 Å². The number of benzene rings is 2. The molecule has 5 rings (SSSR count). The molecule has 1 aliphatic carbocycles. The van der Waals surface area contributed by atoms with Crippen molar-refractivity contribution in [1.29, 1.82) is 0 Å². The zero-order valence-electron chi connectivity index (χ0n) is 17.9. The van der Waals surface area contributed by atoms with E-state index in [9.17, 15) is 4.79 Å². The molecule has 2 aliphatic rings. The molecule has 2 aromatic carbocycles. The number of hydrogen-bond donors (Lipinski definition) is 2. The van der Waals surface area contributed by atoms with Crippen molar-refractivity contribution in [1.82, 2.24) is 15.6 Å². The van der Waals surface area contributed by atoms with E-state index in [0.717, 1.165) is 59.3 Å². The topological polar surface area (TPSA) is 72.5 Å². The molecule has 0 spiro atoms. The highest BCUT2D eigenvalue weighted by molar-refractivity contribution is 5.97. The van der Waals surface area contributed by atoms with Crippen LogP contribution in [0.1, 0.15) is 40.7 Å². The monoisotopic (exact) mass is 417 g/mol. The van der Waals surface area contributed by atoms with E-state index in [0.29, 0.717) is 18.2 Å². The van der Waals surface area contributed by atoms with Crippen molar-refractivity contribution in [3.8, 4) is 11.5 Å². The highest BCUT2D eigenvalue weighted by atomic mass is 16.5. The maximum atomic E-state index is 13.3. The van der Waals surface area contributed by atoms with Gasteiger partial charge in [0.25, 0.3) is 5.91 Å². The molecule has 2 fully saturated rings. The standard InChI is InChI=1S/C25H27N3O3/c1-16-5-6-18(31-15-17-7-11-26-17)12-21(16)24(29)28-25(8-9-25)22-13-19(30-2)14-23-20(22)4-3-10-27-23/h3-6,10,12-14,17,26H,7-9,11,15H2,1-2H3,(H,28,29)/t17-/m1/s1. The molecule has 2 heterocycles. The summed E-state index contributed by atoms with van der Waals surface area (Å²) in [5.74, 6) is 1.39. The minimum Gasteiger partial charge on any atom is -0.497 e. The van der Waals surface area contributed by atoms with Crippen molar-refractivity contribution in [2.24, 2.45) is 0 Å². The lowest BCUT2D eigenvalue weighted by Crippen LogP contribution is -2.46. The van der Waals surface area contributed by atoms with E-state index >= 15 is 0 Å². The Hall–Kier alpha value is -3.12. The number of hydrogen-bond acceptors (Lipinski definition) is 5. The van der Waals surface area contributed by atoms with Gasteiger partial charge in [-0.1, -0.05) is 12.1 Å². The summed E-state index contributed by atoms with van der Waals surface area (Å²) in [5.41, 5.74) is 3.11. The predicted molar refractivity (Wildman–Crippen MR) is 120 cm³/mol. The van der Waals surface area contributed by atoms with E-state index in [-0.39, 0.29) is 5.91 Å². The van der Waals surface area contributed by atoms with E-state index in [4.69, 9.17) is 9.47 Å². The number of nitrogens with one attached hydrogen (secondary N) is 2. The van der Waals surface area contributed by atoms with Gasteiger partial charge in [-0.15, -0.1) is 0 Å². The number of aryl methyl sites for hydroxylation is 1. The van der Waals surface area contributed by atoms with Crippen LogP contribution in [0.2, 0.25) is 0 Å². The second kappa shape index (κ2) is 7.85. The summed E-state index contributed by atoms with van der Waals surface area (Å²) >= 11 is 0. The third-order valence-corrected chi connectivity index (χ3v) is 6.38. The summed E-state index contributed by atoms with van der Waals surface area (Å²) in [6.45, 7) is 3.62. The number of rotatable bonds is 7. The molecule has 6 nitrogen and oxygen atoms in total. The van der Waals surface area contributed by atoms with Gasteiger partial charge in [-0.05, 0) is 68.1 Å². The van der Waals surface area contributed by atoms with Crippen LogP contribution in [0.15, 0.2) is 48.7 Å². The second-order valence-electron chi connectivity index (χ2n) is 8.51. The Balaban J connectivity index is 1.41. The fourth-order valence-electron chi connectivity index (χ4n) is 4.16. The van der Waals surface area contributed by atoms with Crippen LogP contribution in [0.4, 0.5) is 0 Å². The quantitative estimate of drug-likeness (QED) is 0.613. The summed E-state index contributed by atoms with van der Waals surface area (Å²) in [4.78, 5) is 17.8. The number of carbonyl (C=O) groups is 1. The summed E-state index contributed by atoms with van der Waals surface area (Å²) in [6.07, 6.45) is 4.68. The first kappa shape index (κ1) is 19.8. The van der Waals surface area contributed by atoms with Gasteiger partial charge in [0, 0.05) is 29.3 Å². The summed E-state index contributed by atoms with van der Waals surface area (Å²) < 4.78 is 11.4. The number of pyridine rings is 1. The van der Waals surface area contributed by atoms with E-state index in [1.54, 1.807) is 13.3 Å². The lowest BCUT2D eigenvalue weighted by atomic mass is 9.97. The number of nitrogens with zero attached hydrogens (tertiary/aromatic N) is 1. The van der Waals surface area contributed by atoms with Crippen LogP contribution in [0.3, 0.4) is 0 Å². The fraction of sp³-hybridized carbons (Fsp3) is 0.360. The van der Waals surface area contributed by atoms with Gasteiger partial charge in [-0.3, -0.25) is 9.78 Å². The molecule has 0 unspecified atom stereocenters. The van der Waals surface area contributed by atoms with Gasteiger partial charge in [0.2, 0.25) is 0 Å². The lowest BCUT2D eigenvalue weighted by molar-refractivity contribution is 0.0930. The molecular weight excluding hydrogens is 390 g/mol. The molecule has 1 atom stereocenters. The van der Waals surface area contributed by atoms with Crippen molar-refractivity contribution in [2.45, 2.75) is 37.8 Å². The van der Waals surface area contributed by atoms with Gasteiger partial charge in [0.15, 0.2) is 0 Å². The molecule has 0 bridgehead atoms. The first-order valence-electron chi connectivity index (χ1n) is 10.8. The molecule has 31 heavy (non-hydrogen) atoms. The Bertz CT molecular complexity index is 1140. The highest BCUT2D eigenvalue weighted by Crippen LogP contribution is 2.49. The molecule has 0 radical (unpaired) electrons. The number of aromatic nitrogens is 1. The van der Waals surface area contributed by atoms with Gasteiger partial charge < -0.3 is 20.1 Å². The summed E-state index contributed by atoms with van der Waals surface area (Å²) in [6, 6.07) is 14.1. The third-order valence-electron chi connectivity index (χ3n) is 6.38. The molecule has 160 valence electrons. The minimum absolute atomic E-state index is 0.0814. The first-order chi connectivity index (χ1) is 15.1. The van der Waals surface area contributed by atoms with Crippen LogP contribution in [0.25, 0.3) is 10.9 Å². The predicted octanol–water partition coefficient (Wildman–Crippen LogP) is 3.71. The van der Waals surface area contributed by atoms with Crippen LogP contribution in [0, 0.1) is 6.92 Å². The van der Waals surface area contributed by atoms with E-state index < -0.39 is 5.54 Å². The summed E-state index contributed by atoms with van der Waals surface area (Å²) in [7, 11) is 1.65. The summed E-state index contributed by atoms with van der Waals surface area (Å²) in [5, 5.41) is 7.68. The minimum atomic E-state index is -0.397. The number of ether oxygens (including phenoxy) is 2. The Morgan fingerprint density at radius 3 is 2.77 bits per heavy atom.